The van der Waals surface area contributed by atoms with Gasteiger partial charge in [0.05, 0.1) is 0 Å². The smallest absolute Gasteiger partial charge is 0.164 e. The molecule has 0 saturated heterocycles. The molecule has 12 rings (SSSR count). The number of allylic oxidation sites excluding steroid dienone is 3. The van der Waals surface area contributed by atoms with Crippen LogP contribution in [0, 0.1) is 0 Å². The van der Waals surface area contributed by atoms with Gasteiger partial charge in [0.15, 0.2) is 17.5 Å². The molecule has 56 heavy (non-hydrogen) atoms. The highest BCUT2D eigenvalue weighted by molar-refractivity contribution is 6.14. The molecule has 0 aliphatic heterocycles. The van der Waals surface area contributed by atoms with Crippen LogP contribution in [0.15, 0.2) is 150 Å². The summed E-state index contributed by atoms with van der Waals surface area (Å²) in [5.41, 5.74) is 17.5. The first kappa shape index (κ1) is 31.4. The fourth-order valence-corrected chi connectivity index (χ4v) is 9.66. The normalized spacial score (nSPS) is 14.6. The SMILES string of the molecule is CC1(C)c2ccccc2-c2cc(-c3nc(-c4ccccc4)nc(-c4cccc5oc6ccc(-c7ccc8c9c%10c(ccc79)C=CCC%10=CC8)cc6c45)n3)ccc21. The lowest BCUT2D eigenvalue weighted by molar-refractivity contribution is 0.660. The third kappa shape index (κ3) is 4.50. The van der Waals surface area contributed by atoms with E-state index in [1.807, 2.05) is 30.3 Å². The summed E-state index contributed by atoms with van der Waals surface area (Å²) in [6, 6.07) is 47.6. The molecule has 3 aliphatic rings. The molecule has 7 aromatic carbocycles. The first-order chi connectivity index (χ1) is 27.5. The Balaban J connectivity index is 1.06. The fourth-order valence-electron chi connectivity index (χ4n) is 9.66. The summed E-state index contributed by atoms with van der Waals surface area (Å²) < 4.78 is 6.56. The first-order valence-electron chi connectivity index (χ1n) is 19.5. The maximum atomic E-state index is 6.56. The van der Waals surface area contributed by atoms with Gasteiger partial charge < -0.3 is 4.42 Å². The van der Waals surface area contributed by atoms with E-state index in [9.17, 15) is 0 Å². The fraction of sp³-hybridized carbons (Fsp3) is 0.0962. The summed E-state index contributed by atoms with van der Waals surface area (Å²) in [5.74, 6) is 1.89. The number of fused-ring (bicyclic) bond motifs is 6. The van der Waals surface area contributed by atoms with Crippen LogP contribution >= 0.6 is 0 Å². The van der Waals surface area contributed by atoms with Gasteiger partial charge in [0.2, 0.25) is 0 Å². The molecule has 0 fully saturated rings. The number of hydrogen-bond donors (Lipinski definition) is 0. The second-order valence-corrected chi connectivity index (χ2v) is 15.9. The van der Waals surface area contributed by atoms with Crippen molar-refractivity contribution in [2.75, 3.05) is 0 Å². The summed E-state index contributed by atoms with van der Waals surface area (Å²) in [6.07, 6.45) is 8.94. The van der Waals surface area contributed by atoms with Gasteiger partial charge in [-0.05, 0) is 104 Å². The highest BCUT2D eigenvalue weighted by Crippen LogP contribution is 2.50. The molecule has 0 radical (unpaired) electrons. The van der Waals surface area contributed by atoms with Crippen LogP contribution in [0.1, 0.15) is 48.1 Å². The van der Waals surface area contributed by atoms with Crippen molar-refractivity contribution in [2.45, 2.75) is 32.1 Å². The van der Waals surface area contributed by atoms with Gasteiger partial charge in [-0.25, -0.2) is 15.0 Å². The Morgan fingerprint density at radius 3 is 2.21 bits per heavy atom. The van der Waals surface area contributed by atoms with Gasteiger partial charge in [-0.2, -0.15) is 0 Å². The lowest BCUT2D eigenvalue weighted by atomic mass is 9.80. The molecule has 9 aromatic rings. The van der Waals surface area contributed by atoms with Gasteiger partial charge in [0.25, 0.3) is 0 Å². The Morgan fingerprint density at radius 2 is 1.30 bits per heavy atom. The molecule has 3 aliphatic carbocycles. The van der Waals surface area contributed by atoms with Gasteiger partial charge in [0, 0.05) is 32.9 Å². The molecular formula is C52H35N3O. The summed E-state index contributed by atoms with van der Waals surface area (Å²) in [6.45, 7) is 4.61. The monoisotopic (exact) mass is 717 g/mol. The molecule has 264 valence electrons. The van der Waals surface area contributed by atoms with E-state index in [1.165, 1.54) is 60.9 Å². The Kier molecular flexibility index (Phi) is 6.48. The lowest BCUT2D eigenvalue weighted by Gasteiger charge is -2.24. The summed E-state index contributed by atoms with van der Waals surface area (Å²) >= 11 is 0. The molecule has 0 N–H and O–H groups in total. The lowest BCUT2D eigenvalue weighted by Crippen LogP contribution is -2.14. The molecule has 2 heterocycles. The molecular weight excluding hydrogens is 683 g/mol. The molecule has 0 spiro atoms. The maximum Gasteiger partial charge on any atom is 0.164 e. The minimum absolute atomic E-state index is 0.0820. The van der Waals surface area contributed by atoms with E-state index in [2.05, 4.69) is 135 Å². The quantitative estimate of drug-likeness (QED) is 0.182. The van der Waals surface area contributed by atoms with Crippen molar-refractivity contribution in [1.29, 1.82) is 0 Å². The van der Waals surface area contributed by atoms with Crippen molar-refractivity contribution in [2.24, 2.45) is 0 Å². The molecule has 0 amide bonds. The Hall–Kier alpha value is -6.91. The average molecular weight is 718 g/mol. The summed E-state index contributed by atoms with van der Waals surface area (Å²) in [7, 11) is 0. The number of rotatable bonds is 4. The van der Waals surface area contributed by atoms with Crippen molar-refractivity contribution in [3.05, 3.63) is 173 Å². The number of aromatic nitrogens is 3. The van der Waals surface area contributed by atoms with E-state index in [0.717, 1.165) is 57.0 Å². The van der Waals surface area contributed by atoms with E-state index < -0.39 is 0 Å². The van der Waals surface area contributed by atoms with Gasteiger partial charge in [-0.1, -0.05) is 141 Å². The zero-order chi connectivity index (χ0) is 37.1. The second kappa shape index (κ2) is 11.5. The van der Waals surface area contributed by atoms with E-state index in [4.69, 9.17) is 19.4 Å². The average Bonchev–Trinajstić information content (AvgIpc) is 3.74. The number of furan rings is 1. The first-order valence-corrected chi connectivity index (χ1v) is 19.5. The molecule has 2 aromatic heterocycles. The van der Waals surface area contributed by atoms with Crippen LogP contribution in [0.4, 0.5) is 0 Å². The third-order valence-electron chi connectivity index (χ3n) is 12.4. The predicted octanol–water partition coefficient (Wildman–Crippen LogP) is 13.3. The van der Waals surface area contributed by atoms with E-state index >= 15 is 0 Å². The molecule has 0 saturated carbocycles. The van der Waals surface area contributed by atoms with Gasteiger partial charge >= 0.3 is 0 Å². The van der Waals surface area contributed by atoms with Crippen LogP contribution in [0.25, 0.3) is 101 Å². The zero-order valence-electron chi connectivity index (χ0n) is 31.1. The number of benzene rings is 7. The highest BCUT2D eigenvalue weighted by Gasteiger charge is 2.35. The number of hydrogen-bond acceptors (Lipinski definition) is 4. The van der Waals surface area contributed by atoms with Gasteiger partial charge in [-0.15, -0.1) is 0 Å². The van der Waals surface area contributed by atoms with Crippen molar-refractivity contribution < 1.29 is 4.42 Å². The topological polar surface area (TPSA) is 51.8 Å². The zero-order valence-corrected chi connectivity index (χ0v) is 31.1. The van der Waals surface area contributed by atoms with E-state index in [-0.39, 0.29) is 5.41 Å². The minimum atomic E-state index is -0.0820. The van der Waals surface area contributed by atoms with Crippen LogP contribution < -0.4 is 0 Å². The van der Waals surface area contributed by atoms with Crippen LogP contribution in [0.5, 0.6) is 0 Å². The van der Waals surface area contributed by atoms with Crippen LogP contribution in [-0.2, 0) is 11.8 Å². The Morgan fingerprint density at radius 1 is 0.518 bits per heavy atom. The van der Waals surface area contributed by atoms with Crippen LogP contribution in [0.2, 0.25) is 0 Å². The van der Waals surface area contributed by atoms with E-state index in [1.54, 1.807) is 0 Å². The molecule has 0 unspecified atom stereocenters. The van der Waals surface area contributed by atoms with Crippen LogP contribution in [-0.4, -0.2) is 15.0 Å². The maximum absolute atomic E-state index is 6.56. The molecule has 0 atom stereocenters. The second-order valence-electron chi connectivity index (χ2n) is 15.9. The van der Waals surface area contributed by atoms with Crippen molar-refractivity contribution in [1.82, 2.24) is 15.0 Å². The number of nitrogens with zero attached hydrogens (tertiary/aromatic N) is 3. The molecule has 4 nitrogen and oxygen atoms in total. The van der Waals surface area contributed by atoms with Crippen molar-refractivity contribution >= 4 is 44.4 Å². The summed E-state index contributed by atoms with van der Waals surface area (Å²) in [4.78, 5) is 15.6. The summed E-state index contributed by atoms with van der Waals surface area (Å²) in [5, 5.41) is 4.73. The molecule has 0 bridgehead atoms. The Bertz CT molecular complexity index is 3220. The Labute approximate surface area is 324 Å². The van der Waals surface area contributed by atoms with Crippen molar-refractivity contribution in [3.8, 4) is 56.4 Å². The van der Waals surface area contributed by atoms with Gasteiger partial charge in [-0.3, -0.25) is 0 Å². The highest BCUT2D eigenvalue weighted by atomic mass is 16.3. The third-order valence-corrected chi connectivity index (χ3v) is 12.4. The molecule has 4 heteroatoms. The standard InChI is InChI=1S/C52H35N3O/c1-52(2)42-16-7-6-14-37(42)40-29-35(22-26-43(40)52)50-53-49(33-10-4-3-5-11-33)54-51(55-50)39-15-9-17-45-48(39)41-28-34(23-27-44(41)56-45)36-24-20-32-19-18-30-12-8-13-31-21-25-38(36)47(32)46(30)31/h3-11,13-18,20-29H,12,19H2,1-2H3. The predicted molar refractivity (Wildman–Crippen MR) is 229 cm³/mol. The van der Waals surface area contributed by atoms with Gasteiger partial charge in [0.1, 0.15) is 11.2 Å². The van der Waals surface area contributed by atoms with Crippen molar-refractivity contribution in [3.63, 3.8) is 0 Å². The minimum Gasteiger partial charge on any atom is -0.456 e. The van der Waals surface area contributed by atoms with Crippen LogP contribution in [0.3, 0.4) is 0 Å². The van der Waals surface area contributed by atoms with E-state index in [0.29, 0.717) is 17.5 Å². The largest absolute Gasteiger partial charge is 0.456 e.